The van der Waals surface area contributed by atoms with Crippen molar-refractivity contribution in [2.24, 2.45) is 0 Å². The molecule has 0 amide bonds. The number of aromatic nitrogens is 1. The zero-order valence-corrected chi connectivity index (χ0v) is 8.60. The second-order valence-corrected chi connectivity index (χ2v) is 3.55. The molecule has 0 aliphatic carbocycles. The van der Waals surface area contributed by atoms with Crippen molar-refractivity contribution in [2.75, 3.05) is 12.9 Å². The monoisotopic (exact) mass is 201 g/mol. The van der Waals surface area contributed by atoms with E-state index in [4.69, 9.17) is 9.15 Å². The Labute approximate surface area is 80.3 Å². The first-order chi connectivity index (χ1) is 6.19. The van der Waals surface area contributed by atoms with Crippen LogP contribution in [0.4, 0.5) is 0 Å². The Hall–Kier alpha value is -0.970. The Morgan fingerprint density at radius 3 is 2.85 bits per heavy atom. The lowest BCUT2D eigenvalue weighted by Crippen LogP contribution is -2.08. The predicted octanol–water partition coefficient (Wildman–Crippen LogP) is 1.46. The Morgan fingerprint density at radius 1 is 1.62 bits per heavy atom. The molecule has 1 aromatic rings. The molecule has 1 rings (SSSR count). The van der Waals surface area contributed by atoms with Gasteiger partial charge in [-0.3, -0.25) is 0 Å². The molecule has 0 aliphatic heterocycles. The molecule has 0 bridgehead atoms. The SMILES string of the molecule is CCSc1nc(OC)c(C)c(=O)o1. The van der Waals surface area contributed by atoms with Gasteiger partial charge in [0.05, 0.1) is 12.7 Å². The van der Waals surface area contributed by atoms with Crippen LogP contribution in [-0.2, 0) is 0 Å². The summed E-state index contributed by atoms with van der Waals surface area (Å²) in [6.45, 7) is 3.58. The van der Waals surface area contributed by atoms with Crippen molar-refractivity contribution < 1.29 is 9.15 Å². The molecule has 0 unspecified atom stereocenters. The number of hydrogen-bond donors (Lipinski definition) is 0. The van der Waals surface area contributed by atoms with Crippen LogP contribution in [0.2, 0.25) is 0 Å². The standard InChI is InChI=1S/C8H11NO3S/c1-4-13-8-9-6(11-3)5(2)7(10)12-8/h4H2,1-3H3. The molecule has 1 aromatic heterocycles. The van der Waals surface area contributed by atoms with Crippen molar-refractivity contribution >= 4 is 11.8 Å². The largest absolute Gasteiger partial charge is 0.481 e. The summed E-state index contributed by atoms with van der Waals surface area (Å²) in [5.41, 5.74) is 0.0192. The van der Waals surface area contributed by atoms with Gasteiger partial charge in [-0.05, 0) is 12.7 Å². The summed E-state index contributed by atoms with van der Waals surface area (Å²) in [6.07, 6.45) is 0. The molecule has 0 aromatic carbocycles. The third kappa shape index (κ3) is 2.24. The highest BCUT2D eigenvalue weighted by molar-refractivity contribution is 7.99. The lowest BCUT2D eigenvalue weighted by Gasteiger charge is -2.02. The molecule has 0 saturated heterocycles. The van der Waals surface area contributed by atoms with E-state index in [0.717, 1.165) is 5.75 Å². The topological polar surface area (TPSA) is 52.3 Å². The van der Waals surface area contributed by atoms with Crippen LogP contribution in [-0.4, -0.2) is 17.8 Å². The van der Waals surface area contributed by atoms with Crippen molar-refractivity contribution in [2.45, 2.75) is 19.1 Å². The summed E-state index contributed by atoms with van der Waals surface area (Å²) in [5, 5.41) is 0.356. The maximum Gasteiger partial charge on any atom is 0.346 e. The van der Waals surface area contributed by atoms with E-state index in [1.807, 2.05) is 6.92 Å². The number of rotatable bonds is 3. The zero-order chi connectivity index (χ0) is 9.84. The fraction of sp³-hybridized carbons (Fsp3) is 0.500. The van der Waals surface area contributed by atoms with Gasteiger partial charge in [0.2, 0.25) is 5.88 Å². The molecule has 0 saturated carbocycles. The number of ether oxygens (including phenoxy) is 1. The summed E-state index contributed by atoms with van der Waals surface area (Å²) in [4.78, 5) is 15.2. The summed E-state index contributed by atoms with van der Waals surface area (Å²) < 4.78 is 9.84. The van der Waals surface area contributed by atoms with Crippen LogP contribution in [0.15, 0.2) is 14.4 Å². The predicted molar refractivity (Wildman–Crippen MR) is 50.5 cm³/mol. The lowest BCUT2D eigenvalue weighted by atomic mass is 10.4. The molecule has 0 atom stereocenters. The summed E-state index contributed by atoms with van der Waals surface area (Å²) >= 11 is 1.37. The molecular formula is C8H11NO3S. The van der Waals surface area contributed by atoms with Crippen LogP contribution >= 0.6 is 11.8 Å². The second-order valence-electron chi connectivity index (χ2n) is 2.33. The molecule has 0 N–H and O–H groups in total. The van der Waals surface area contributed by atoms with E-state index in [1.54, 1.807) is 6.92 Å². The van der Waals surface area contributed by atoms with Crippen LogP contribution < -0.4 is 10.4 Å². The Morgan fingerprint density at radius 2 is 2.31 bits per heavy atom. The Balaban J connectivity index is 3.14. The summed E-state index contributed by atoms with van der Waals surface area (Å²) in [6, 6.07) is 0. The van der Waals surface area contributed by atoms with Crippen molar-refractivity contribution in [1.29, 1.82) is 0 Å². The average molecular weight is 201 g/mol. The van der Waals surface area contributed by atoms with E-state index in [-0.39, 0.29) is 5.63 Å². The molecule has 4 nitrogen and oxygen atoms in total. The highest BCUT2D eigenvalue weighted by atomic mass is 32.2. The van der Waals surface area contributed by atoms with Gasteiger partial charge in [0.1, 0.15) is 0 Å². The van der Waals surface area contributed by atoms with Crippen LogP contribution in [0.1, 0.15) is 12.5 Å². The number of hydrogen-bond acceptors (Lipinski definition) is 5. The average Bonchev–Trinajstić information content (AvgIpc) is 2.11. The minimum atomic E-state index is -0.386. The quantitative estimate of drug-likeness (QED) is 0.693. The smallest absolute Gasteiger partial charge is 0.346 e. The maximum atomic E-state index is 11.2. The first-order valence-electron chi connectivity index (χ1n) is 3.87. The fourth-order valence-corrected chi connectivity index (χ4v) is 1.35. The van der Waals surface area contributed by atoms with Gasteiger partial charge in [0, 0.05) is 0 Å². The van der Waals surface area contributed by atoms with Crippen LogP contribution in [0, 0.1) is 6.92 Å². The molecule has 72 valence electrons. The molecule has 0 spiro atoms. The van der Waals surface area contributed by atoms with Crippen molar-refractivity contribution in [3.8, 4) is 5.88 Å². The molecule has 13 heavy (non-hydrogen) atoms. The van der Waals surface area contributed by atoms with Crippen LogP contribution in [0.3, 0.4) is 0 Å². The lowest BCUT2D eigenvalue weighted by molar-refractivity contribution is 0.331. The number of nitrogens with zero attached hydrogens (tertiary/aromatic N) is 1. The van der Waals surface area contributed by atoms with Gasteiger partial charge in [0.25, 0.3) is 5.22 Å². The number of methoxy groups -OCH3 is 1. The van der Waals surface area contributed by atoms with Crippen LogP contribution in [0.5, 0.6) is 5.88 Å². The van der Waals surface area contributed by atoms with Crippen molar-refractivity contribution in [3.63, 3.8) is 0 Å². The summed E-state index contributed by atoms with van der Waals surface area (Å²) in [5.74, 6) is 1.15. The highest BCUT2D eigenvalue weighted by Crippen LogP contribution is 2.17. The normalized spacial score (nSPS) is 10.1. The van der Waals surface area contributed by atoms with E-state index in [0.29, 0.717) is 16.7 Å². The van der Waals surface area contributed by atoms with Crippen molar-refractivity contribution in [3.05, 3.63) is 16.0 Å². The molecule has 0 fully saturated rings. The molecular weight excluding hydrogens is 190 g/mol. The minimum absolute atomic E-state index is 0.340. The van der Waals surface area contributed by atoms with E-state index in [9.17, 15) is 4.79 Å². The van der Waals surface area contributed by atoms with E-state index < -0.39 is 0 Å². The first kappa shape index (κ1) is 10.1. The minimum Gasteiger partial charge on any atom is -0.481 e. The summed E-state index contributed by atoms with van der Waals surface area (Å²) in [7, 11) is 1.48. The molecule has 1 heterocycles. The van der Waals surface area contributed by atoms with Gasteiger partial charge in [-0.25, -0.2) is 4.79 Å². The molecule has 0 aliphatic rings. The van der Waals surface area contributed by atoms with Gasteiger partial charge < -0.3 is 9.15 Å². The first-order valence-corrected chi connectivity index (χ1v) is 4.86. The van der Waals surface area contributed by atoms with Gasteiger partial charge >= 0.3 is 5.63 Å². The molecule has 0 radical (unpaired) electrons. The third-order valence-electron chi connectivity index (χ3n) is 1.46. The van der Waals surface area contributed by atoms with Gasteiger partial charge in [0.15, 0.2) is 0 Å². The van der Waals surface area contributed by atoms with E-state index >= 15 is 0 Å². The third-order valence-corrected chi connectivity index (χ3v) is 2.17. The molecule has 5 heteroatoms. The highest BCUT2D eigenvalue weighted by Gasteiger charge is 2.09. The van der Waals surface area contributed by atoms with Crippen molar-refractivity contribution in [1.82, 2.24) is 4.98 Å². The van der Waals surface area contributed by atoms with Crippen LogP contribution in [0.25, 0.3) is 0 Å². The number of thioether (sulfide) groups is 1. The Bertz CT molecular complexity index is 348. The zero-order valence-electron chi connectivity index (χ0n) is 7.79. The van der Waals surface area contributed by atoms with Gasteiger partial charge in [-0.2, -0.15) is 4.98 Å². The van der Waals surface area contributed by atoms with E-state index in [1.165, 1.54) is 18.9 Å². The van der Waals surface area contributed by atoms with Gasteiger partial charge in [-0.15, -0.1) is 0 Å². The van der Waals surface area contributed by atoms with Gasteiger partial charge in [-0.1, -0.05) is 18.7 Å². The second kappa shape index (κ2) is 4.32. The van der Waals surface area contributed by atoms with E-state index in [2.05, 4.69) is 4.98 Å². The fourth-order valence-electron chi connectivity index (χ4n) is 0.817. The maximum absolute atomic E-state index is 11.2. The Kier molecular flexibility index (Phi) is 3.36.